The largest absolute Gasteiger partial charge is 0.388 e. The molecule has 0 aliphatic carbocycles. The Balaban J connectivity index is 3.20. The van der Waals surface area contributed by atoms with Gasteiger partial charge < -0.3 is 9.84 Å². The Labute approximate surface area is 140 Å². The summed E-state index contributed by atoms with van der Waals surface area (Å²) in [5.41, 5.74) is 0. The van der Waals surface area contributed by atoms with Crippen molar-refractivity contribution in [3.63, 3.8) is 0 Å². The minimum Gasteiger partial charge on any atom is -0.388 e. The van der Waals surface area contributed by atoms with Gasteiger partial charge in [0.05, 0.1) is 13.2 Å². The van der Waals surface area contributed by atoms with E-state index in [1.165, 1.54) is 51.4 Å². The van der Waals surface area contributed by atoms with Crippen LogP contribution >= 0.6 is 0 Å². The van der Waals surface area contributed by atoms with Gasteiger partial charge in [0.25, 0.3) is 9.05 Å². The van der Waals surface area contributed by atoms with Gasteiger partial charge in [0.1, 0.15) is 6.10 Å². The minimum atomic E-state index is -3.66. The average Bonchev–Trinajstić information content (AvgIpc) is 2.45. The van der Waals surface area contributed by atoms with Gasteiger partial charge in [-0.15, -0.1) is 0 Å². The van der Waals surface area contributed by atoms with Crippen LogP contribution in [0.2, 0.25) is 0 Å². The van der Waals surface area contributed by atoms with Crippen molar-refractivity contribution >= 4 is 20.2 Å². The van der Waals surface area contributed by atoms with Crippen LogP contribution in [0.3, 0.4) is 0 Å². The molecule has 0 bridgehead atoms. The van der Waals surface area contributed by atoms with Crippen LogP contribution in [0, 0.1) is 0 Å². The fourth-order valence-corrected chi connectivity index (χ4v) is 2.62. The predicted molar refractivity (Wildman–Crippen MR) is 92.8 cm³/mol. The van der Waals surface area contributed by atoms with E-state index in [1.807, 2.05) is 0 Å². The zero-order valence-corrected chi connectivity index (χ0v) is 15.3. The quantitative estimate of drug-likeness (QED) is 0.413. The number of ether oxygens (including phenoxy) is 1. The topological polar surface area (TPSA) is 76.0 Å². The molecule has 0 aliphatic heterocycles. The second-order valence-corrected chi connectivity index (χ2v) is 7.98. The van der Waals surface area contributed by atoms with E-state index in [-0.39, 0.29) is 13.2 Å². The van der Waals surface area contributed by atoms with Crippen LogP contribution in [0.1, 0.15) is 71.1 Å². The third-order valence-corrected chi connectivity index (χ3v) is 4.08. The molecule has 0 saturated carbocycles. The van der Waals surface area contributed by atoms with E-state index in [2.05, 4.69) is 22.3 Å². The molecule has 0 rings (SSSR count). The van der Waals surface area contributed by atoms with Gasteiger partial charge in [-0.05, 0) is 6.42 Å². The minimum absolute atomic E-state index is 0.0995. The molecule has 7 heteroatoms. The first-order valence-electron chi connectivity index (χ1n) is 8.33. The molecule has 0 amide bonds. The van der Waals surface area contributed by atoms with E-state index in [4.69, 9.17) is 9.29 Å². The van der Waals surface area contributed by atoms with Crippen LogP contribution < -0.4 is 0 Å². The Bertz CT molecular complexity index is 333. The number of hydrogen-bond acceptors (Lipinski definition) is 5. The van der Waals surface area contributed by atoms with Crippen LogP contribution in [0.25, 0.3) is 0 Å². The average molecular weight is 357 g/mol. The second kappa shape index (κ2) is 14.8. The first-order chi connectivity index (χ1) is 10.5. The van der Waals surface area contributed by atoms with Crippen molar-refractivity contribution < 1.29 is 22.8 Å². The van der Waals surface area contributed by atoms with Gasteiger partial charge >= 0.3 is 0 Å². The Kier molecular flexibility index (Phi) is 14.9. The molecule has 1 unspecified atom stereocenters. The van der Waals surface area contributed by atoms with Gasteiger partial charge in [0.15, 0.2) is 0 Å². The molecule has 2 N–H and O–H groups in total. The molecule has 22 heavy (non-hydrogen) atoms. The van der Waals surface area contributed by atoms with E-state index < -0.39 is 15.2 Å². The molecular weight excluding hydrogens is 324 g/mol. The standard InChI is InChI=1S/C15H32O5S2/c1-2-3-4-5-6-7-8-9-10-11-12-19-13-15(16)14-20-22(17,18)21/h15-16H,2-14H2,1H3,(H,17,18,21)/t15-/m0/s1. The lowest BCUT2D eigenvalue weighted by Gasteiger charge is -2.11. The number of aliphatic hydroxyl groups excluding tert-OH is 1. The Hall–Kier alpha value is 0.210. The summed E-state index contributed by atoms with van der Waals surface area (Å²) in [5.74, 6) is 0. The molecular formula is C15H32O5S2. The van der Waals surface area contributed by atoms with E-state index >= 15 is 0 Å². The lowest BCUT2D eigenvalue weighted by molar-refractivity contribution is 0.0117. The first-order valence-corrected chi connectivity index (χ1v) is 10.7. The fourth-order valence-electron chi connectivity index (χ4n) is 2.12. The van der Waals surface area contributed by atoms with Crippen LogP contribution in [0.5, 0.6) is 0 Å². The smallest absolute Gasteiger partial charge is 0.266 e. The van der Waals surface area contributed by atoms with Crippen molar-refractivity contribution in [2.75, 3.05) is 19.8 Å². The first kappa shape index (κ1) is 22.2. The van der Waals surface area contributed by atoms with Gasteiger partial charge in [0.2, 0.25) is 0 Å². The zero-order chi connectivity index (χ0) is 16.7. The maximum atomic E-state index is 10.7. The highest BCUT2D eigenvalue weighted by Crippen LogP contribution is 2.10. The molecule has 0 saturated heterocycles. The Morgan fingerprint density at radius 2 is 1.45 bits per heavy atom. The molecule has 0 spiro atoms. The number of rotatable bonds is 16. The molecule has 0 aromatic carbocycles. The molecule has 0 heterocycles. The Morgan fingerprint density at radius 1 is 0.955 bits per heavy atom. The lowest BCUT2D eigenvalue weighted by Crippen LogP contribution is -2.23. The molecule has 0 fully saturated rings. The van der Waals surface area contributed by atoms with E-state index in [0.717, 1.165) is 12.8 Å². The highest BCUT2D eigenvalue weighted by atomic mass is 32.9. The van der Waals surface area contributed by atoms with Gasteiger partial charge in [0, 0.05) is 17.8 Å². The normalized spacial score (nSPS) is 15.6. The highest BCUT2D eigenvalue weighted by Gasteiger charge is 2.08. The summed E-state index contributed by atoms with van der Waals surface area (Å²) in [4.78, 5) is 0. The SMILES string of the molecule is CCCCCCCCCCCCOC[C@H](O)COS(=O)(O)=S. The maximum absolute atomic E-state index is 10.7. The number of hydrogen-bond donors (Lipinski definition) is 2. The zero-order valence-electron chi connectivity index (χ0n) is 13.7. The van der Waals surface area contributed by atoms with Gasteiger partial charge in [-0.3, -0.25) is 8.74 Å². The predicted octanol–water partition coefficient (Wildman–Crippen LogP) is 3.44. The van der Waals surface area contributed by atoms with Crippen molar-refractivity contribution in [3.8, 4) is 0 Å². The Morgan fingerprint density at radius 3 is 1.95 bits per heavy atom. The van der Waals surface area contributed by atoms with E-state index in [1.54, 1.807) is 0 Å². The molecule has 2 atom stereocenters. The molecule has 0 aromatic heterocycles. The van der Waals surface area contributed by atoms with Crippen molar-refractivity contribution in [2.45, 2.75) is 77.2 Å². The van der Waals surface area contributed by atoms with Gasteiger partial charge in [-0.2, -0.15) is 4.21 Å². The molecule has 134 valence electrons. The van der Waals surface area contributed by atoms with Crippen molar-refractivity contribution in [2.24, 2.45) is 0 Å². The monoisotopic (exact) mass is 356 g/mol. The number of aliphatic hydroxyl groups is 1. The summed E-state index contributed by atoms with van der Waals surface area (Å²) >= 11 is 4.15. The number of unbranched alkanes of at least 4 members (excludes halogenated alkanes) is 9. The van der Waals surface area contributed by atoms with Crippen LogP contribution in [0.15, 0.2) is 0 Å². The summed E-state index contributed by atoms with van der Waals surface area (Å²) in [6.07, 6.45) is 11.8. The summed E-state index contributed by atoms with van der Waals surface area (Å²) in [6, 6.07) is 0. The van der Waals surface area contributed by atoms with Crippen LogP contribution in [-0.2, 0) is 29.2 Å². The van der Waals surface area contributed by atoms with Crippen molar-refractivity contribution in [1.29, 1.82) is 0 Å². The summed E-state index contributed by atoms with van der Waals surface area (Å²) in [6.45, 7) is 2.65. The van der Waals surface area contributed by atoms with Crippen LogP contribution in [-0.4, -0.2) is 39.8 Å². The van der Waals surface area contributed by atoms with Gasteiger partial charge in [-0.1, -0.05) is 64.7 Å². The maximum Gasteiger partial charge on any atom is 0.266 e. The van der Waals surface area contributed by atoms with Crippen LogP contribution in [0.4, 0.5) is 0 Å². The molecule has 0 aliphatic rings. The molecule has 0 radical (unpaired) electrons. The third-order valence-electron chi connectivity index (χ3n) is 3.36. The summed E-state index contributed by atoms with van der Waals surface area (Å²) < 4.78 is 29.1. The van der Waals surface area contributed by atoms with E-state index in [0.29, 0.717) is 6.61 Å². The fraction of sp³-hybridized carbons (Fsp3) is 1.00. The van der Waals surface area contributed by atoms with Crippen molar-refractivity contribution in [3.05, 3.63) is 0 Å². The second-order valence-electron chi connectivity index (χ2n) is 5.62. The summed E-state index contributed by atoms with van der Waals surface area (Å²) in [7, 11) is -3.66. The lowest BCUT2D eigenvalue weighted by atomic mass is 10.1. The third kappa shape index (κ3) is 18.3. The van der Waals surface area contributed by atoms with Gasteiger partial charge in [-0.25, -0.2) is 0 Å². The van der Waals surface area contributed by atoms with E-state index in [9.17, 15) is 9.32 Å². The highest BCUT2D eigenvalue weighted by molar-refractivity contribution is 8.27. The summed E-state index contributed by atoms with van der Waals surface area (Å²) in [5, 5.41) is 9.44. The molecule has 0 aromatic rings. The van der Waals surface area contributed by atoms with Crippen molar-refractivity contribution in [1.82, 2.24) is 0 Å². The molecule has 5 nitrogen and oxygen atoms in total.